The van der Waals surface area contributed by atoms with Crippen LogP contribution in [0.5, 0.6) is 0 Å². The van der Waals surface area contributed by atoms with Crippen LogP contribution in [0.4, 0.5) is 17.6 Å². The molecule has 2 nitrogen and oxygen atoms in total. The van der Waals surface area contributed by atoms with Gasteiger partial charge in [0.05, 0.1) is 10.9 Å². The number of rotatable bonds is 0. The monoisotopic (exact) mass is 362 g/mol. The van der Waals surface area contributed by atoms with Gasteiger partial charge in [-0.1, -0.05) is 11.6 Å². The van der Waals surface area contributed by atoms with Crippen molar-refractivity contribution in [1.82, 2.24) is 9.97 Å². The molecule has 0 saturated carbocycles. The Balaban J connectivity index is 2.95. The molecule has 1 aromatic heterocycles. The lowest BCUT2D eigenvalue weighted by atomic mass is 10.1. The number of hydrogen-bond acceptors (Lipinski definition) is 2. The van der Waals surface area contributed by atoms with E-state index >= 15 is 0 Å². The molecule has 0 aliphatic carbocycles. The van der Waals surface area contributed by atoms with E-state index in [2.05, 4.69) is 25.9 Å². The van der Waals surface area contributed by atoms with Crippen molar-refractivity contribution in [2.24, 2.45) is 0 Å². The molecule has 2 aromatic rings. The molecule has 0 atom stereocenters. The second-order valence-electron chi connectivity index (χ2n) is 3.22. The number of halogens is 7. The molecule has 0 amide bonds. The highest BCUT2D eigenvalue weighted by Gasteiger charge is 2.35. The first-order chi connectivity index (χ1) is 8.21. The summed E-state index contributed by atoms with van der Waals surface area (Å²) in [6.45, 7) is 0. The Labute approximate surface area is 116 Å². The Morgan fingerprint density at radius 2 is 1.78 bits per heavy atom. The molecule has 96 valence electrons. The number of hydrogen-bond donors (Lipinski definition) is 0. The molecule has 0 aliphatic rings. The van der Waals surface area contributed by atoms with Crippen LogP contribution < -0.4 is 0 Å². The Morgan fingerprint density at radius 3 is 2.33 bits per heavy atom. The van der Waals surface area contributed by atoms with E-state index < -0.39 is 22.0 Å². The Bertz CT molecular complexity index is 645. The zero-order valence-electron chi connectivity index (χ0n) is 8.12. The topological polar surface area (TPSA) is 25.8 Å². The Hall–Kier alpha value is -0.660. The van der Waals surface area contributed by atoms with Gasteiger partial charge in [0.2, 0.25) is 5.28 Å². The van der Waals surface area contributed by atoms with Gasteiger partial charge in [0.15, 0.2) is 0 Å². The summed E-state index contributed by atoms with van der Waals surface area (Å²) in [7, 11) is 0. The van der Waals surface area contributed by atoms with Gasteiger partial charge in [0.25, 0.3) is 0 Å². The number of alkyl halides is 3. The van der Waals surface area contributed by atoms with E-state index in [4.69, 9.17) is 23.2 Å². The molecule has 9 heteroatoms. The predicted octanol–water partition coefficient (Wildman–Crippen LogP) is 4.86. The van der Waals surface area contributed by atoms with Gasteiger partial charge in [-0.25, -0.2) is 14.4 Å². The van der Waals surface area contributed by atoms with Gasteiger partial charge in [-0.3, -0.25) is 0 Å². The normalized spacial score (nSPS) is 12.2. The molecule has 1 heterocycles. The standard InChI is InChI=1S/C9HBrCl2F4N2/c10-5-2(9(14,15)16)1-3(13)6-4(5)7(11)18-8(12)17-6/h1H. The van der Waals surface area contributed by atoms with Gasteiger partial charge in [-0.15, -0.1) is 0 Å². The fourth-order valence-corrected chi connectivity index (χ4v) is 2.68. The Morgan fingerprint density at radius 1 is 1.17 bits per heavy atom. The predicted molar refractivity (Wildman–Crippen MR) is 62.2 cm³/mol. The lowest BCUT2D eigenvalue weighted by Gasteiger charge is -2.12. The van der Waals surface area contributed by atoms with E-state index in [1.54, 1.807) is 0 Å². The van der Waals surface area contributed by atoms with Gasteiger partial charge in [0, 0.05) is 4.47 Å². The Kier molecular flexibility index (Phi) is 3.42. The second kappa shape index (κ2) is 4.47. The molecule has 0 spiro atoms. The van der Waals surface area contributed by atoms with Crippen LogP contribution in [0.2, 0.25) is 10.4 Å². The van der Waals surface area contributed by atoms with Crippen LogP contribution in [0.1, 0.15) is 5.56 Å². The van der Waals surface area contributed by atoms with Crippen molar-refractivity contribution in [3.8, 4) is 0 Å². The lowest BCUT2D eigenvalue weighted by Crippen LogP contribution is -2.08. The van der Waals surface area contributed by atoms with Crippen LogP contribution in [-0.2, 0) is 6.18 Å². The maximum atomic E-state index is 13.6. The number of aromatic nitrogens is 2. The highest BCUT2D eigenvalue weighted by atomic mass is 79.9. The lowest BCUT2D eigenvalue weighted by molar-refractivity contribution is -0.138. The highest BCUT2D eigenvalue weighted by molar-refractivity contribution is 9.10. The van der Waals surface area contributed by atoms with Crippen molar-refractivity contribution in [2.45, 2.75) is 6.18 Å². The minimum Gasteiger partial charge on any atom is -0.215 e. The van der Waals surface area contributed by atoms with Crippen molar-refractivity contribution < 1.29 is 17.6 Å². The summed E-state index contributed by atoms with van der Waals surface area (Å²) < 4.78 is 51.1. The molecule has 0 aliphatic heterocycles. The third-order valence-electron chi connectivity index (χ3n) is 2.10. The maximum Gasteiger partial charge on any atom is 0.417 e. The zero-order chi connectivity index (χ0) is 13.7. The summed E-state index contributed by atoms with van der Waals surface area (Å²) in [6.07, 6.45) is -4.73. The minimum atomic E-state index is -4.73. The third-order valence-corrected chi connectivity index (χ3v) is 3.36. The van der Waals surface area contributed by atoms with Gasteiger partial charge < -0.3 is 0 Å². The summed E-state index contributed by atoms with van der Waals surface area (Å²) in [5.74, 6) is -1.17. The van der Waals surface area contributed by atoms with Crippen LogP contribution >= 0.6 is 39.1 Å². The zero-order valence-corrected chi connectivity index (χ0v) is 11.2. The van der Waals surface area contributed by atoms with Crippen molar-refractivity contribution in [2.75, 3.05) is 0 Å². The molecule has 2 rings (SSSR count). The molecule has 0 saturated heterocycles. The molecule has 0 unspecified atom stereocenters. The summed E-state index contributed by atoms with van der Waals surface area (Å²) in [4.78, 5) is 7.00. The van der Waals surface area contributed by atoms with Gasteiger partial charge >= 0.3 is 6.18 Å². The van der Waals surface area contributed by atoms with Crippen LogP contribution in [-0.4, -0.2) is 9.97 Å². The molecule has 0 fully saturated rings. The SMILES string of the molecule is Fc1cc(C(F)(F)F)c(Br)c2c(Cl)nc(Cl)nc12. The number of fused-ring (bicyclic) bond motifs is 1. The summed E-state index contributed by atoms with van der Waals surface area (Å²) in [5.41, 5.74) is -1.57. The first-order valence-electron chi connectivity index (χ1n) is 4.29. The highest BCUT2D eigenvalue weighted by Crippen LogP contribution is 2.41. The van der Waals surface area contributed by atoms with Crippen LogP contribution in [0.25, 0.3) is 10.9 Å². The quantitative estimate of drug-likeness (QED) is 0.379. The van der Waals surface area contributed by atoms with E-state index in [1.807, 2.05) is 0 Å². The first-order valence-corrected chi connectivity index (χ1v) is 5.84. The smallest absolute Gasteiger partial charge is 0.215 e. The maximum absolute atomic E-state index is 13.6. The largest absolute Gasteiger partial charge is 0.417 e. The van der Waals surface area contributed by atoms with E-state index in [-0.39, 0.29) is 21.3 Å². The summed E-state index contributed by atoms with van der Waals surface area (Å²) in [5, 5.41) is -0.978. The molecule has 18 heavy (non-hydrogen) atoms. The number of nitrogens with zero attached hydrogens (tertiary/aromatic N) is 2. The van der Waals surface area contributed by atoms with Crippen LogP contribution in [0.3, 0.4) is 0 Å². The molecular formula is C9HBrCl2F4N2. The number of benzene rings is 1. The van der Waals surface area contributed by atoms with Gasteiger partial charge in [-0.2, -0.15) is 13.2 Å². The molecular weight excluding hydrogens is 363 g/mol. The third kappa shape index (κ3) is 2.26. The van der Waals surface area contributed by atoms with Crippen molar-refractivity contribution in [3.05, 3.63) is 32.4 Å². The first kappa shape index (κ1) is 13.8. The molecule has 0 N–H and O–H groups in total. The van der Waals surface area contributed by atoms with Crippen molar-refractivity contribution in [1.29, 1.82) is 0 Å². The molecule has 0 bridgehead atoms. The van der Waals surface area contributed by atoms with E-state index in [1.165, 1.54) is 0 Å². The van der Waals surface area contributed by atoms with Crippen LogP contribution in [0, 0.1) is 5.82 Å². The van der Waals surface area contributed by atoms with Crippen molar-refractivity contribution >= 4 is 50.0 Å². The fraction of sp³-hybridized carbons (Fsp3) is 0.111. The summed E-state index contributed by atoms with van der Waals surface area (Å²) >= 11 is 13.9. The van der Waals surface area contributed by atoms with E-state index in [9.17, 15) is 17.6 Å². The average Bonchev–Trinajstić information content (AvgIpc) is 2.20. The fourth-order valence-electron chi connectivity index (χ4n) is 1.37. The van der Waals surface area contributed by atoms with Gasteiger partial charge in [-0.05, 0) is 33.6 Å². The molecule has 0 radical (unpaired) electrons. The molecule has 1 aromatic carbocycles. The van der Waals surface area contributed by atoms with E-state index in [0.717, 1.165) is 0 Å². The van der Waals surface area contributed by atoms with Crippen molar-refractivity contribution in [3.63, 3.8) is 0 Å². The second-order valence-corrected chi connectivity index (χ2v) is 4.71. The average molecular weight is 364 g/mol. The van der Waals surface area contributed by atoms with E-state index in [0.29, 0.717) is 6.07 Å². The van der Waals surface area contributed by atoms with Crippen LogP contribution in [0.15, 0.2) is 10.5 Å². The minimum absolute atomic E-state index is 0.270. The summed E-state index contributed by atoms with van der Waals surface area (Å²) in [6, 6.07) is 0.325. The van der Waals surface area contributed by atoms with Gasteiger partial charge in [0.1, 0.15) is 16.5 Å².